The predicted octanol–water partition coefficient (Wildman–Crippen LogP) is 4.08. The fourth-order valence-electron chi connectivity index (χ4n) is 4.21. The molecule has 2 aromatic rings. The number of fused-ring (bicyclic) bond motifs is 1. The molecule has 1 amide bonds. The summed E-state index contributed by atoms with van der Waals surface area (Å²) in [5.41, 5.74) is 8.43. The number of benzene rings is 1. The highest BCUT2D eigenvalue weighted by Gasteiger charge is 2.23. The molecule has 27 heavy (non-hydrogen) atoms. The summed E-state index contributed by atoms with van der Waals surface area (Å²) < 4.78 is 7.10. The van der Waals surface area contributed by atoms with Crippen molar-refractivity contribution in [3.8, 4) is 5.75 Å². The van der Waals surface area contributed by atoms with E-state index in [0.717, 1.165) is 60.1 Å². The van der Waals surface area contributed by atoms with Crippen LogP contribution in [0.2, 0.25) is 0 Å². The van der Waals surface area contributed by atoms with Gasteiger partial charge in [0.15, 0.2) is 0 Å². The fraction of sp³-hybridized carbons (Fsp3) is 0.619. The zero-order chi connectivity index (χ0) is 18.8. The number of imidazole rings is 1. The third-order valence-electron chi connectivity index (χ3n) is 5.90. The Kier molecular flexibility index (Phi) is 5.23. The van der Waals surface area contributed by atoms with Crippen LogP contribution in [-0.2, 0) is 6.42 Å². The number of aryl methyl sites for hydroxylation is 1. The maximum atomic E-state index is 12.2. The highest BCUT2D eigenvalue weighted by molar-refractivity contribution is 5.97. The topological polar surface area (TPSA) is 73.4 Å². The van der Waals surface area contributed by atoms with Crippen molar-refractivity contribution in [2.24, 2.45) is 11.7 Å². The molecule has 2 aliphatic rings. The minimum atomic E-state index is -0.465. The van der Waals surface area contributed by atoms with E-state index >= 15 is 0 Å². The Bertz CT molecular complexity index is 819. The smallest absolute Gasteiger partial charge is 0.324 e. The molecule has 0 radical (unpaired) electrons. The first-order valence-corrected chi connectivity index (χ1v) is 10.3. The van der Waals surface area contributed by atoms with Crippen LogP contribution in [0.3, 0.4) is 0 Å². The van der Waals surface area contributed by atoms with E-state index in [9.17, 15) is 4.79 Å². The average molecular weight is 370 g/mol. The standard InChI is InChI=1S/C21H30N4O2/c1-27-16-13-17(24-11-5-2-6-12-24)20-18(14-16)25(21(22)26)19(23-20)8-4-3-7-15-9-10-15/h13-15H,2-12H2,1H3,(H2,22,26). The van der Waals surface area contributed by atoms with Gasteiger partial charge in [0.05, 0.1) is 18.3 Å². The van der Waals surface area contributed by atoms with Crippen molar-refractivity contribution in [3.05, 3.63) is 18.0 Å². The number of piperidine rings is 1. The molecule has 6 nitrogen and oxygen atoms in total. The molecule has 0 bridgehead atoms. The Labute approximate surface area is 160 Å². The third-order valence-corrected chi connectivity index (χ3v) is 5.90. The van der Waals surface area contributed by atoms with Gasteiger partial charge in [-0.1, -0.05) is 25.7 Å². The van der Waals surface area contributed by atoms with E-state index in [2.05, 4.69) is 4.90 Å². The summed E-state index contributed by atoms with van der Waals surface area (Å²) in [7, 11) is 1.66. The normalized spacial score (nSPS) is 17.4. The Morgan fingerprint density at radius 3 is 2.67 bits per heavy atom. The first kappa shape index (κ1) is 18.1. The lowest BCUT2D eigenvalue weighted by molar-refractivity contribution is 0.250. The van der Waals surface area contributed by atoms with Crippen LogP contribution in [0.15, 0.2) is 12.1 Å². The molecule has 1 saturated carbocycles. The van der Waals surface area contributed by atoms with Gasteiger partial charge >= 0.3 is 6.03 Å². The fourth-order valence-corrected chi connectivity index (χ4v) is 4.21. The molecule has 2 fully saturated rings. The van der Waals surface area contributed by atoms with Crippen molar-refractivity contribution in [3.63, 3.8) is 0 Å². The van der Waals surface area contributed by atoms with Gasteiger partial charge in [0.1, 0.15) is 17.1 Å². The molecule has 0 spiro atoms. The maximum absolute atomic E-state index is 12.2. The Morgan fingerprint density at radius 1 is 1.22 bits per heavy atom. The van der Waals surface area contributed by atoms with Crippen LogP contribution in [-0.4, -0.2) is 35.8 Å². The maximum Gasteiger partial charge on any atom is 0.324 e. The lowest BCUT2D eigenvalue weighted by Gasteiger charge is -2.29. The zero-order valence-corrected chi connectivity index (χ0v) is 16.2. The molecule has 6 heteroatoms. The molecule has 4 rings (SSSR count). The number of nitrogens with zero attached hydrogens (tertiary/aromatic N) is 3. The van der Waals surface area contributed by atoms with Crippen LogP contribution in [0.1, 0.15) is 57.2 Å². The second-order valence-electron chi connectivity index (χ2n) is 7.95. The lowest BCUT2D eigenvalue weighted by atomic mass is 10.1. The largest absolute Gasteiger partial charge is 0.497 e. The first-order chi connectivity index (χ1) is 13.2. The molecule has 1 aliphatic heterocycles. The number of ether oxygens (including phenoxy) is 1. The third kappa shape index (κ3) is 3.89. The summed E-state index contributed by atoms with van der Waals surface area (Å²) in [4.78, 5) is 19.5. The van der Waals surface area contributed by atoms with Gasteiger partial charge in [-0.15, -0.1) is 0 Å². The number of rotatable bonds is 7. The van der Waals surface area contributed by atoms with Crippen molar-refractivity contribution in [2.45, 2.75) is 57.8 Å². The molecule has 146 valence electrons. The molecule has 2 heterocycles. The van der Waals surface area contributed by atoms with Gasteiger partial charge in [-0.2, -0.15) is 0 Å². The summed E-state index contributed by atoms with van der Waals surface area (Å²) in [5, 5.41) is 0. The highest BCUT2D eigenvalue weighted by atomic mass is 16.5. The molecule has 1 aromatic carbocycles. The van der Waals surface area contributed by atoms with Crippen molar-refractivity contribution in [1.29, 1.82) is 0 Å². The quantitative estimate of drug-likeness (QED) is 0.745. The van der Waals surface area contributed by atoms with E-state index in [1.807, 2.05) is 12.1 Å². The minimum absolute atomic E-state index is 0.465. The number of nitrogens with two attached hydrogens (primary N) is 1. The van der Waals surface area contributed by atoms with Crippen LogP contribution in [0, 0.1) is 5.92 Å². The zero-order valence-electron chi connectivity index (χ0n) is 16.2. The van der Waals surface area contributed by atoms with Gasteiger partial charge < -0.3 is 15.4 Å². The Morgan fingerprint density at radius 2 is 2.00 bits per heavy atom. The van der Waals surface area contributed by atoms with Gasteiger partial charge in [0.2, 0.25) is 0 Å². The molecule has 0 atom stereocenters. The summed E-state index contributed by atoms with van der Waals surface area (Å²) in [6.07, 6.45) is 10.7. The van der Waals surface area contributed by atoms with E-state index in [-0.39, 0.29) is 0 Å². The lowest BCUT2D eigenvalue weighted by Crippen LogP contribution is -2.29. The summed E-state index contributed by atoms with van der Waals surface area (Å²) >= 11 is 0. The Balaban J connectivity index is 1.69. The van der Waals surface area contributed by atoms with E-state index < -0.39 is 6.03 Å². The molecule has 1 saturated heterocycles. The van der Waals surface area contributed by atoms with Crippen molar-refractivity contribution >= 4 is 22.8 Å². The summed E-state index contributed by atoms with van der Waals surface area (Å²) in [6.45, 7) is 2.03. The number of carbonyl (C=O) groups excluding carboxylic acids is 1. The summed E-state index contributed by atoms with van der Waals surface area (Å²) in [6, 6.07) is 3.46. The second-order valence-corrected chi connectivity index (χ2v) is 7.95. The van der Waals surface area contributed by atoms with Gasteiger partial charge in [-0.3, -0.25) is 0 Å². The first-order valence-electron chi connectivity index (χ1n) is 10.3. The van der Waals surface area contributed by atoms with Gasteiger partial charge in [0, 0.05) is 31.6 Å². The van der Waals surface area contributed by atoms with Crippen molar-refractivity contribution in [2.75, 3.05) is 25.1 Å². The number of hydrogen-bond acceptors (Lipinski definition) is 4. The summed E-state index contributed by atoms with van der Waals surface area (Å²) in [5.74, 6) is 2.46. The van der Waals surface area contributed by atoms with Gasteiger partial charge in [-0.25, -0.2) is 14.3 Å². The SMILES string of the molecule is COc1cc(N2CCCCC2)c2nc(CCCCC3CC3)n(C(N)=O)c2c1. The molecular formula is C21H30N4O2. The number of anilines is 1. The number of primary amides is 1. The second kappa shape index (κ2) is 7.79. The monoisotopic (exact) mass is 370 g/mol. The molecule has 1 aromatic heterocycles. The van der Waals surface area contributed by atoms with E-state index in [0.29, 0.717) is 0 Å². The van der Waals surface area contributed by atoms with E-state index in [1.165, 1.54) is 44.9 Å². The molecule has 0 unspecified atom stereocenters. The van der Waals surface area contributed by atoms with Crippen LogP contribution >= 0.6 is 0 Å². The van der Waals surface area contributed by atoms with Crippen LogP contribution in [0.25, 0.3) is 11.0 Å². The van der Waals surface area contributed by atoms with E-state index in [4.69, 9.17) is 15.5 Å². The average Bonchev–Trinajstić information content (AvgIpc) is 3.43. The minimum Gasteiger partial charge on any atom is -0.497 e. The Hall–Kier alpha value is -2.24. The highest BCUT2D eigenvalue weighted by Crippen LogP contribution is 2.35. The number of unbranched alkanes of at least 4 members (excludes halogenated alkanes) is 1. The predicted molar refractivity (Wildman–Crippen MR) is 108 cm³/mol. The van der Waals surface area contributed by atoms with Crippen molar-refractivity contribution in [1.82, 2.24) is 9.55 Å². The van der Waals surface area contributed by atoms with E-state index in [1.54, 1.807) is 11.7 Å². The number of aromatic nitrogens is 2. The molecular weight excluding hydrogens is 340 g/mol. The van der Waals surface area contributed by atoms with Gasteiger partial charge in [-0.05, 0) is 31.6 Å². The van der Waals surface area contributed by atoms with Crippen molar-refractivity contribution < 1.29 is 9.53 Å². The number of methoxy groups -OCH3 is 1. The molecule has 1 aliphatic carbocycles. The number of hydrogen-bond donors (Lipinski definition) is 1. The van der Waals surface area contributed by atoms with Crippen LogP contribution < -0.4 is 15.4 Å². The molecule has 2 N–H and O–H groups in total. The van der Waals surface area contributed by atoms with Gasteiger partial charge in [0.25, 0.3) is 0 Å². The number of amides is 1. The van der Waals surface area contributed by atoms with Crippen LogP contribution in [0.5, 0.6) is 5.75 Å². The number of carbonyl (C=O) groups is 1. The van der Waals surface area contributed by atoms with Crippen LogP contribution in [0.4, 0.5) is 10.5 Å².